The first-order valence-corrected chi connectivity index (χ1v) is 8.48. The largest absolute Gasteiger partial charge is 0.404 e. The number of anilines is 2. The second-order valence-electron chi connectivity index (χ2n) is 6.34. The minimum absolute atomic E-state index is 0.0925. The van der Waals surface area contributed by atoms with Crippen molar-refractivity contribution >= 4 is 29.2 Å². The van der Waals surface area contributed by atoms with Gasteiger partial charge >= 0.3 is 0 Å². The summed E-state index contributed by atoms with van der Waals surface area (Å²) >= 11 is 0. The van der Waals surface area contributed by atoms with Gasteiger partial charge in [-0.05, 0) is 19.3 Å². The number of allylic oxidation sites excluding steroid dienone is 1. The van der Waals surface area contributed by atoms with Crippen LogP contribution in [-0.4, -0.2) is 41.2 Å². The van der Waals surface area contributed by atoms with Gasteiger partial charge in [0.1, 0.15) is 11.7 Å². The lowest BCUT2D eigenvalue weighted by Gasteiger charge is -2.43. The van der Waals surface area contributed by atoms with Crippen LogP contribution in [0, 0.1) is 5.41 Å². The van der Waals surface area contributed by atoms with Crippen LogP contribution in [0.3, 0.4) is 0 Å². The number of amides is 1. The Labute approximate surface area is 142 Å². The molecule has 1 amide bonds. The van der Waals surface area contributed by atoms with Crippen molar-refractivity contribution in [2.45, 2.75) is 51.1 Å². The van der Waals surface area contributed by atoms with Gasteiger partial charge in [-0.2, -0.15) is 0 Å². The Morgan fingerprint density at radius 2 is 2.17 bits per heavy atom. The van der Waals surface area contributed by atoms with Gasteiger partial charge in [-0.25, -0.2) is 9.97 Å². The van der Waals surface area contributed by atoms with Crippen molar-refractivity contribution in [3.8, 4) is 0 Å². The molecular formula is C17H24N6O. The molecule has 0 aromatic carbocycles. The number of nitrogens with two attached hydrogens (primary N) is 1. The predicted molar refractivity (Wildman–Crippen MR) is 95.2 cm³/mol. The molecule has 7 heteroatoms. The molecule has 3 N–H and O–H groups in total. The maximum atomic E-state index is 12.8. The predicted octanol–water partition coefficient (Wildman–Crippen LogP) is 1.93. The fourth-order valence-corrected chi connectivity index (χ4v) is 3.71. The van der Waals surface area contributed by atoms with Gasteiger partial charge in [0.05, 0.1) is 11.8 Å². The van der Waals surface area contributed by atoms with Crippen LogP contribution in [-0.2, 0) is 4.79 Å². The van der Waals surface area contributed by atoms with Crippen molar-refractivity contribution in [1.29, 1.82) is 5.41 Å². The Morgan fingerprint density at radius 3 is 2.75 bits per heavy atom. The van der Waals surface area contributed by atoms with Crippen molar-refractivity contribution in [3.05, 3.63) is 18.2 Å². The topological polar surface area (TPSA) is 99.2 Å². The average molecular weight is 328 g/mol. The van der Waals surface area contributed by atoms with Crippen LogP contribution in [0.4, 0.5) is 11.5 Å². The van der Waals surface area contributed by atoms with E-state index in [1.54, 1.807) is 18.1 Å². The molecule has 0 spiro atoms. The minimum atomic E-state index is -0.196. The Morgan fingerprint density at radius 1 is 1.46 bits per heavy atom. The van der Waals surface area contributed by atoms with Gasteiger partial charge in [-0.1, -0.05) is 19.8 Å². The van der Waals surface area contributed by atoms with E-state index in [2.05, 4.69) is 14.9 Å². The molecule has 1 saturated carbocycles. The van der Waals surface area contributed by atoms with E-state index in [1.807, 2.05) is 6.92 Å². The molecule has 24 heavy (non-hydrogen) atoms. The molecule has 0 unspecified atom stereocenters. The highest BCUT2D eigenvalue weighted by Gasteiger charge is 2.41. The molecule has 1 atom stereocenters. The summed E-state index contributed by atoms with van der Waals surface area (Å²) in [4.78, 5) is 25.6. The number of carbonyl (C=O) groups excluding carboxylic acids is 1. The standard InChI is InChI=1S/C17H24N6O/c1-3-13-17(24)22(2)14-10-20-15(11(8-18)9-19)21-16(14)23(13)12-6-4-5-7-12/h8-10,12-13,18H,3-7,19H2,1-2H3/b11-9+,18-8?/t13-/m1/s1. The molecule has 0 bridgehead atoms. The van der Waals surface area contributed by atoms with E-state index in [-0.39, 0.29) is 11.9 Å². The number of nitrogens with zero attached hydrogens (tertiary/aromatic N) is 4. The first kappa shape index (κ1) is 16.4. The van der Waals surface area contributed by atoms with E-state index in [0.717, 1.165) is 37.0 Å². The van der Waals surface area contributed by atoms with Crippen LogP contribution >= 0.6 is 0 Å². The fraction of sp³-hybridized carbons (Fsp3) is 0.529. The average Bonchev–Trinajstić information content (AvgIpc) is 3.13. The normalized spacial score (nSPS) is 22.0. The van der Waals surface area contributed by atoms with Crippen molar-refractivity contribution in [2.75, 3.05) is 16.8 Å². The number of hydrogen-bond donors (Lipinski definition) is 2. The lowest BCUT2D eigenvalue weighted by atomic mass is 10.0. The van der Waals surface area contributed by atoms with E-state index in [9.17, 15) is 4.79 Å². The van der Waals surface area contributed by atoms with Crippen molar-refractivity contribution < 1.29 is 4.79 Å². The van der Waals surface area contributed by atoms with E-state index >= 15 is 0 Å². The number of hydrogen-bond acceptors (Lipinski definition) is 6. The summed E-state index contributed by atoms with van der Waals surface area (Å²) in [5.74, 6) is 1.30. The molecule has 2 heterocycles. The zero-order chi connectivity index (χ0) is 17.3. The molecule has 2 aliphatic rings. The van der Waals surface area contributed by atoms with Gasteiger partial charge < -0.3 is 20.9 Å². The molecule has 1 aromatic heterocycles. The van der Waals surface area contributed by atoms with Crippen molar-refractivity contribution in [1.82, 2.24) is 9.97 Å². The van der Waals surface area contributed by atoms with E-state index in [0.29, 0.717) is 17.4 Å². The van der Waals surface area contributed by atoms with Crippen LogP contribution < -0.4 is 15.5 Å². The highest BCUT2D eigenvalue weighted by Crippen LogP contribution is 2.39. The number of likely N-dealkylation sites (N-methyl/N-ethyl adjacent to an activating group) is 1. The third-order valence-corrected chi connectivity index (χ3v) is 5.01. The Balaban J connectivity index is 2.14. The molecule has 1 fully saturated rings. The second-order valence-corrected chi connectivity index (χ2v) is 6.34. The first-order valence-electron chi connectivity index (χ1n) is 8.48. The van der Waals surface area contributed by atoms with E-state index in [4.69, 9.17) is 11.1 Å². The number of fused-ring (bicyclic) bond motifs is 1. The SMILES string of the molecule is CC[C@@H]1C(=O)N(C)c2cnc(/C(C=N)=C/N)nc2N1C1CCCC1. The van der Waals surface area contributed by atoms with Gasteiger partial charge in [-0.3, -0.25) is 4.79 Å². The number of carbonyl (C=O) groups is 1. The molecular weight excluding hydrogens is 304 g/mol. The third-order valence-electron chi connectivity index (χ3n) is 5.01. The van der Waals surface area contributed by atoms with Gasteiger partial charge in [0.25, 0.3) is 0 Å². The monoisotopic (exact) mass is 328 g/mol. The smallest absolute Gasteiger partial charge is 0.249 e. The molecule has 0 radical (unpaired) electrons. The van der Waals surface area contributed by atoms with Crippen molar-refractivity contribution in [3.63, 3.8) is 0 Å². The molecule has 0 saturated heterocycles. The summed E-state index contributed by atoms with van der Waals surface area (Å²) in [6, 6.07) is 0.137. The summed E-state index contributed by atoms with van der Waals surface area (Å²) in [5.41, 5.74) is 6.77. The van der Waals surface area contributed by atoms with Gasteiger partial charge in [-0.15, -0.1) is 0 Å². The summed E-state index contributed by atoms with van der Waals surface area (Å²) < 4.78 is 0. The lowest BCUT2D eigenvalue weighted by molar-refractivity contribution is -0.120. The molecule has 128 valence electrons. The highest BCUT2D eigenvalue weighted by molar-refractivity contribution is 6.08. The Kier molecular flexibility index (Phi) is 4.51. The summed E-state index contributed by atoms with van der Waals surface area (Å²) in [6.07, 6.45) is 9.42. The van der Waals surface area contributed by atoms with Crippen LogP contribution in [0.2, 0.25) is 0 Å². The van der Waals surface area contributed by atoms with Crippen molar-refractivity contribution in [2.24, 2.45) is 5.73 Å². The van der Waals surface area contributed by atoms with Gasteiger partial charge in [0, 0.05) is 25.5 Å². The zero-order valence-electron chi connectivity index (χ0n) is 14.2. The molecule has 1 aliphatic heterocycles. The summed E-state index contributed by atoms with van der Waals surface area (Å²) in [6.45, 7) is 2.04. The van der Waals surface area contributed by atoms with Crippen LogP contribution in [0.5, 0.6) is 0 Å². The Hall–Kier alpha value is -2.44. The number of nitrogens with one attached hydrogen (secondary N) is 1. The quantitative estimate of drug-likeness (QED) is 0.823. The maximum Gasteiger partial charge on any atom is 0.249 e. The van der Waals surface area contributed by atoms with Crippen LogP contribution in [0.15, 0.2) is 12.4 Å². The third kappa shape index (κ3) is 2.53. The fourth-order valence-electron chi connectivity index (χ4n) is 3.71. The summed E-state index contributed by atoms with van der Waals surface area (Å²) in [7, 11) is 1.77. The summed E-state index contributed by atoms with van der Waals surface area (Å²) in [5, 5.41) is 7.47. The molecule has 1 aliphatic carbocycles. The lowest BCUT2D eigenvalue weighted by Crippen LogP contribution is -2.55. The minimum Gasteiger partial charge on any atom is -0.404 e. The molecule has 7 nitrogen and oxygen atoms in total. The van der Waals surface area contributed by atoms with E-state index in [1.165, 1.54) is 19.0 Å². The maximum absolute atomic E-state index is 12.8. The first-order chi connectivity index (χ1) is 11.6. The second kappa shape index (κ2) is 6.59. The molecule has 1 aromatic rings. The highest BCUT2D eigenvalue weighted by atomic mass is 16.2. The Bertz CT molecular complexity index is 680. The van der Waals surface area contributed by atoms with Crippen LogP contribution in [0.25, 0.3) is 5.57 Å². The number of rotatable bonds is 4. The molecule has 3 rings (SSSR count). The van der Waals surface area contributed by atoms with Gasteiger partial charge in [0.2, 0.25) is 5.91 Å². The zero-order valence-corrected chi connectivity index (χ0v) is 14.2. The number of aromatic nitrogens is 2. The van der Waals surface area contributed by atoms with E-state index < -0.39 is 0 Å². The van der Waals surface area contributed by atoms with Crippen LogP contribution in [0.1, 0.15) is 44.9 Å². The van der Waals surface area contributed by atoms with Gasteiger partial charge in [0.15, 0.2) is 11.6 Å².